The average Bonchev–Trinajstić information content (AvgIpc) is 3.07. The van der Waals surface area contributed by atoms with E-state index >= 15 is 0 Å². The maximum atomic E-state index is 13.3. The molecule has 3 rings (SSSR count). The Labute approximate surface area is 175 Å². The number of rotatable bonds is 5. The molecular weight excluding hydrogens is 454 g/mol. The van der Waals surface area contributed by atoms with Gasteiger partial charge in [-0.1, -0.05) is 11.6 Å². The van der Waals surface area contributed by atoms with Crippen LogP contribution in [0.15, 0.2) is 34.3 Å². The minimum atomic E-state index is -3.85. The Morgan fingerprint density at radius 1 is 1.17 bits per heavy atom. The maximum Gasteiger partial charge on any atom is 0.287 e. The number of nitrogens with zero attached hydrogens (tertiary/aromatic N) is 3. The second kappa shape index (κ2) is 8.40. The largest absolute Gasteiger partial charge is 0.364 e. The van der Waals surface area contributed by atoms with Crippen molar-refractivity contribution in [1.82, 2.24) is 9.31 Å². The Bertz CT molecular complexity index is 937. The van der Waals surface area contributed by atoms with Crippen LogP contribution in [0.1, 0.15) is 19.3 Å². The molecule has 0 saturated carbocycles. The van der Waals surface area contributed by atoms with Crippen molar-refractivity contribution in [3.63, 3.8) is 0 Å². The van der Waals surface area contributed by atoms with E-state index in [9.17, 15) is 35.9 Å². The number of hydrogen-bond acceptors (Lipinski definition) is 5. The van der Waals surface area contributed by atoms with E-state index in [-0.39, 0.29) is 35.8 Å². The van der Waals surface area contributed by atoms with Crippen molar-refractivity contribution in [3.05, 3.63) is 29.3 Å². The summed E-state index contributed by atoms with van der Waals surface area (Å²) >= 11 is 5.76. The van der Waals surface area contributed by atoms with Gasteiger partial charge in [0, 0.05) is 30.5 Å². The van der Waals surface area contributed by atoms with E-state index in [1.807, 2.05) is 0 Å². The zero-order valence-corrected chi connectivity index (χ0v) is 17.0. The number of hydrazone groups is 1. The number of alkyl halides is 4. The van der Waals surface area contributed by atoms with Crippen LogP contribution in [0.5, 0.6) is 0 Å². The van der Waals surface area contributed by atoms with E-state index in [2.05, 4.69) is 5.10 Å². The number of benzene rings is 1. The number of carbonyl (C=O) groups is 1. The zero-order valence-electron chi connectivity index (χ0n) is 15.4. The van der Waals surface area contributed by atoms with E-state index in [1.54, 1.807) is 0 Å². The van der Waals surface area contributed by atoms with Crippen LogP contribution in [-0.2, 0) is 14.8 Å². The monoisotopic (exact) mass is 471 g/mol. The van der Waals surface area contributed by atoms with Gasteiger partial charge in [-0.15, -0.1) is 0 Å². The topological polar surface area (TPSA) is 90.3 Å². The van der Waals surface area contributed by atoms with Gasteiger partial charge in [0.2, 0.25) is 21.7 Å². The van der Waals surface area contributed by atoms with E-state index in [1.165, 1.54) is 24.3 Å². The van der Waals surface area contributed by atoms with Crippen molar-refractivity contribution in [2.24, 2.45) is 11.0 Å². The van der Waals surface area contributed by atoms with Gasteiger partial charge in [-0.3, -0.25) is 4.79 Å². The van der Waals surface area contributed by atoms with Crippen LogP contribution in [0.25, 0.3) is 0 Å². The molecule has 1 unspecified atom stereocenters. The van der Waals surface area contributed by atoms with Crippen molar-refractivity contribution in [3.8, 4) is 0 Å². The highest BCUT2D eigenvalue weighted by atomic mass is 35.5. The lowest BCUT2D eigenvalue weighted by atomic mass is 9.96. The summed E-state index contributed by atoms with van der Waals surface area (Å²) in [6.45, 7) is -0.179. The molecule has 7 nitrogen and oxygen atoms in total. The second-order valence-electron chi connectivity index (χ2n) is 7.03. The first-order valence-electron chi connectivity index (χ1n) is 8.92. The third-order valence-electron chi connectivity index (χ3n) is 5.10. The SMILES string of the molecule is O=C(C1CCN(S(=O)(=O)c2ccc(Cl)cc2)CC1)N1N=C(C(F)F)CC1(O)C(F)F. The number of sulfonamides is 1. The van der Waals surface area contributed by atoms with Crippen LogP contribution in [0.3, 0.4) is 0 Å². The fraction of sp³-hybridized carbons (Fsp3) is 0.529. The van der Waals surface area contributed by atoms with Gasteiger partial charge in [0.15, 0.2) is 0 Å². The first-order valence-corrected chi connectivity index (χ1v) is 10.7. The lowest BCUT2D eigenvalue weighted by Crippen LogP contribution is -2.54. The van der Waals surface area contributed by atoms with Gasteiger partial charge in [-0.2, -0.15) is 14.4 Å². The number of aliphatic hydroxyl groups is 1. The Balaban J connectivity index is 1.72. The minimum Gasteiger partial charge on any atom is -0.364 e. The van der Waals surface area contributed by atoms with E-state index in [4.69, 9.17) is 11.6 Å². The summed E-state index contributed by atoms with van der Waals surface area (Å²) in [6, 6.07) is 5.51. The van der Waals surface area contributed by atoms with Gasteiger partial charge in [0.1, 0.15) is 5.71 Å². The molecule has 2 aliphatic heterocycles. The Morgan fingerprint density at radius 3 is 2.23 bits per heavy atom. The Morgan fingerprint density at radius 2 is 1.73 bits per heavy atom. The fourth-order valence-electron chi connectivity index (χ4n) is 3.39. The smallest absolute Gasteiger partial charge is 0.287 e. The second-order valence-corrected chi connectivity index (χ2v) is 9.40. The first kappa shape index (κ1) is 22.9. The van der Waals surface area contributed by atoms with Crippen molar-refractivity contribution in [2.75, 3.05) is 13.1 Å². The highest BCUT2D eigenvalue weighted by Gasteiger charge is 2.54. The first-order chi connectivity index (χ1) is 14.0. The fourth-order valence-corrected chi connectivity index (χ4v) is 4.99. The number of halogens is 5. The molecule has 166 valence electrons. The molecule has 1 saturated heterocycles. The normalized spacial score (nSPS) is 24.0. The quantitative estimate of drug-likeness (QED) is 0.668. The van der Waals surface area contributed by atoms with Gasteiger partial charge in [0.05, 0.1) is 4.90 Å². The minimum absolute atomic E-state index is 0.00877. The van der Waals surface area contributed by atoms with Gasteiger partial charge in [-0.05, 0) is 37.1 Å². The van der Waals surface area contributed by atoms with Crippen molar-refractivity contribution in [2.45, 2.75) is 42.7 Å². The molecule has 1 aromatic carbocycles. The number of amides is 1. The summed E-state index contributed by atoms with van der Waals surface area (Å²) in [6.07, 6.45) is -7.94. The Hall–Kier alpha value is -1.76. The highest BCUT2D eigenvalue weighted by molar-refractivity contribution is 7.89. The molecule has 0 radical (unpaired) electrons. The molecule has 0 bridgehead atoms. The van der Waals surface area contributed by atoms with Crippen molar-refractivity contribution in [1.29, 1.82) is 0 Å². The number of hydrogen-bond donors (Lipinski definition) is 1. The predicted molar refractivity (Wildman–Crippen MR) is 98.8 cm³/mol. The summed E-state index contributed by atoms with van der Waals surface area (Å²) in [5.74, 6) is -2.00. The van der Waals surface area contributed by atoms with Crippen molar-refractivity contribution >= 4 is 33.2 Å². The average molecular weight is 472 g/mol. The van der Waals surface area contributed by atoms with Crippen LogP contribution in [0.2, 0.25) is 5.02 Å². The third-order valence-corrected chi connectivity index (χ3v) is 7.27. The molecular formula is C17H18ClF4N3O4S. The number of piperidine rings is 1. The third kappa shape index (κ3) is 4.18. The summed E-state index contributed by atoms with van der Waals surface area (Å²) in [4.78, 5) is 12.7. The van der Waals surface area contributed by atoms with Crippen LogP contribution >= 0.6 is 11.6 Å². The summed E-state index contributed by atoms with van der Waals surface area (Å²) in [5.41, 5.74) is -4.15. The molecule has 0 aromatic heterocycles. The van der Waals surface area contributed by atoms with Crippen LogP contribution in [0.4, 0.5) is 17.6 Å². The molecule has 1 aromatic rings. The van der Waals surface area contributed by atoms with E-state index in [0.29, 0.717) is 5.02 Å². The van der Waals surface area contributed by atoms with Gasteiger partial charge in [-0.25, -0.2) is 26.0 Å². The molecule has 30 heavy (non-hydrogen) atoms. The lowest BCUT2D eigenvalue weighted by Gasteiger charge is -2.35. The summed E-state index contributed by atoms with van der Waals surface area (Å²) in [7, 11) is -3.85. The lowest BCUT2D eigenvalue weighted by molar-refractivity contribution is -0.195. The molecule has 2 aliphatic rings. The van der Waals surface area contributed by atoms with Crippen LogP contribution in [-0.4, -0.2) is 66.1 Å². The van der Waals surface area contributed by atoms with Gasteiger partial charge in [0.25, 0.3) is 12.9 Å². The molecule has 1 N–H and O–H groups in total. The van der Waals surface area contributed by atoms with Gasteiger partial charge < -0.3 is 5.11 Å². The maximum absolute atomic E-state index is 13.3. The predicted octanol–water partition coefficient (Wildman–Crippen LogP) is 2.55. The van der Waals surface area contributed by atoms with E-state index in [0.717, 1.165) is 4.31 Å². The standard InChI is InChI=1S/C17H18ClF4N3O4S/c18-11-1-3-12(4-2-11)30(28,29)24-7-5-10(6-8-24)15(26)25-17(27,16(21)22)9-13(23-25)14(19)20/h1-4,10,14,16,27H,5-9H2. The summed E-state index contributed by atoms with van der Waals surface area (Å²) in [5, 5.41) is 13.7. The summed E-state index contributed by atoms with van der Waals surface area (Å²) < 4.78 is 78.9. The van der Waals surface area contributed by atoms with E-state index < -0.39 is 52.6 Å². The highest BCUT2D eigenvalue weighted by Crippen LogP contribution is 2.36. The molecule has 2 heterocycles. The molecule has 1 atom stereocenters. The van der Waals surface area contributed by atoms with Crippen LogP contribution in [0, 0.1) is 5.92 Å². The van der Waals surface area contributed by atoms with Crippen LogP contribution < -0.4 is 0 Å². The number of carbonyl (C=O) groups excluding carboxylic acids is 1. The molecule has 0 spiro atoms. The Kier molecular flexibility index (Phi) is 6.42. The molecule has 13 heteroatoms. The zero-order chi connectivity index (χ0) is 22.3. The molecule has 1 amide bonds. The van der Waals surface area contributed by atoms with Crippen molar-refractivity contribution < 1.29 is 35.9 Å². The molecule has 1 fully saturated rings. The van der Waals surface area contributed by atoms with Gasteiger partial charge >= 0.3 is 0 Å². The molecule has 0 aliphatic carbocycles.